The van der Waals surface area contributed by atoms with Crippen molar-refractivity contribution in [2.45, 2.75) is 4.90 Å². The summed E-state index contributed by atoms with van der Waals surface area (Å²) in [6.07, 6.45) is 1.46. The summed E-state index contributed by atoms with van der Waals surface area (Å²) >= 11 is 3.35. The van der Waals surface area contributed by atoms with Gasteiger partial charge in [0.1, 0.15) is 10.6 Å². The first-order valence-corrected chi connectivity index (χ1v) is 9.92. The number of carbonyl (C=O) groups excluding carboxylic acids is 1. The first-order valence-electron chi connectivity index (χ1n) is 7.69. The average Bonchev–Trinajstić information content (AvgIpc) is 2.98. The Hall–Kier alpha value is -1.68. The molecule has 3 rings (SSSR count). The highest BCUT2D eigenvalue weighted by Crippen LogP contribution is 2.21. The predicted molar refractivity (Wildman–Crippen MR) is 97.1 cm³/mol. The topological polar surface area (TPSA) is 80.6 Å². The number of aryl methyl sites for hydroxylation is 1. The van der Waals surface area contributed by atoms with Crippen LogP contribution in [0.3, 0.4) is 0 Å². The van der Waals surface area contributed by atoms with Gasteiger partial charge in [0.15, 0.2) is 0 Å². The first kappa shape index (κ1) is 18.1. The lowest BCUT2D eigenvalue weighted by molar-refractivity contribution is 0.0730. The lowest BCUT2D eigenvalue weighted by Crippen LogP contribution is -2.40. The number of rotatable bonds is 4. The summed E-state index contributed by atoms with van der Waals surface area (Å²) in [6, 6.07) is 8.59. The Morgan fingerprint density at radius 3 is 2.64 bits per heavy atom. The van der Waals surface area contributed by atoms with E-state index in [1.807, 2.05) is 6.07 Å². The van der Waals surface area contributed by atoms with Crippen molar-refractivity contribution < 1.29 is 17.9 Å². The number of ether oxygens (including phenoxy) is 1. The van der Waals surface area contributed by atoms with E-state index in [4.69, 9.17) is 4.74 Å². The Labute approximate surface area is 154 Å². The average molecular weight is 428 g/mol. The van der Waals surface area contributed by atoms with E-state index in [2.05, 4.69) is 21.2 Å². The number of aromatic nitrogens is 1. The largest absolute Gasteiger partial charge is 0.379 e. The molecule has 1 N–H and O–H groups in total. The summed E-state index contributed by atoms with van der Waals surface area (Å²) in [5, 5.41) is 2.77. The molecule has 1 saturated heterocycles. The van der Waals surface area contributed by atoms with Gasteiger partial charge in [-0.3, -0.25) is 4.79 Å². The molecular weight excluding hydrogens is 410 g/mol. The van der Waals surface area contributed by atoms with Crippen molar-refractivity contribution in [2.75, 3.05) is 31.6 Å². The van der Waals surface area contributed by atoms with E-state index in [0.717, 1.165) is 4.47 Å². The van der Waals surface area contributed by atoms with Crippen LogP contribution in [-0.4, -0.2) is 49.5 Å². The summed E-state index contributed by atoms with van der Waals surface area (Å²) in [5.74, 6) is -0.371. The normalized spacial score (nSPS) is 15.9. The number of anilines is 1. The second kappa shape index (κ2) is 7.28. The maximum absolute atomic E-state index is 12.7. The summed E-state index contributed by atoms with van der Waals surface area (Å²) in [6.45, 7) is 1.39. The van der Waals surface area contributed by atoms with Crippen LogP contribution in [0.25, 0.3) is 0 Å². The zero-order chi connectivity index (χ0) is 18.0. The maximum atomic E-state index is 12.7. The van der Waals surface area contributed by atoms with Crippen LogP contribution in [0.2, 0.25) is 0 Å². The van der Waals surface area contributed by atoms with E-state index in [1.54, 1.807) is 25.2 Å². The van der Waals surface area contributed by atoms with E-state index in [1.165, 1.54) is 21.1 Å². The van der Waals surface area contributed by atoms with Gasteiger partial charge in [-0.1, -0.05) is 22.0 Å². The highest BCUT2D eigenvalue weighted by atomic mass is 79.9. The van der Waals surface area contributed by atoms with Crippen molar-refractivity contribution >= 4 is 37.5 Å². The van der Waals surface area contributed by atoms with Crippen LogP contribution in [0, 0.1) is 0 Å². The van der Waals surface area contributed by atoms with Crippen LogP contribution in [0.5, 0.6) is 0 Å². The standard InChI is InChI=1S/C16H18BrN3O4S/c1-19-11-14(25(22,23)20-5-7-24-8-6-20)10-15(19)16(21)18-13-4-2-3-12(17)9-13/h2-4,9-11H,5-8H2,1H3,(H,18,21). The van der Waals surface area contributed by atoms with Gasteiger partial charge in [0, 0.05) is 36.5 Å². The van der Waals surface area contributed by atoms with Gasteiger partial charge in [-0.2, -0.15) is 4.31 Å². The second-order valence-corrected chi connectivity index (χ2v) is 8.51. The number of morpholine rings is 1. The van der Waals surface area contributed by atoms with Crippen molar-refractivity contribution in [3.63, 3.8) is 0 Å². The van der Waals surface area contributed by atoms with E-state index in [0.29, 0.717) is 32.0 Å². The Balaban J connectivity index is 1.83. The molecule has 0 radical (unpaired) electrons. The molecule has 0 unspecified atom stereocenters. The molecule has 1 aliphatic heterocycles. The van der Waals surface area contributed by atoms with Crippen LogP contribution >= 0.6 is 15.9 Å². The van der Waals surface area contributed by atoms with Crippen LogP contribution in [0.4, 0.5) is 5.69 Å². The zero-order valence-corrected chi connectivity index (χ0v) is 16.0. The quantitative estimate of drug-likeness (QED) is 0.809. The van der Waals surface area contributed by atoms with Crippen molar-refractivity contribution in [3.05, 3.63) is 46.7 Å². The number of hydrogen-bond donors (Lipinski definition) is 1. The molecule has 0 spiro atoms. The molecule has 1 amide bonds. The molecule has 0 saturated carbocycles. The molecular formula is C16H18BrN3O4S. The molecule has 7 nitrogen and oxygen atoms in total. The van der Waals surface area contributed by atoms with Gasteiger partial charge in [-0.25, -0.2) is 8.42 Å². The number of nitrogens with zero attached hydrogens (tertiary/aromatic N) is 2. The molecule has 1 aliphatic rings. The minimum absolute atomic E-state index is 0.108. The molecule has 0 bridgehead atoms. The number of carbonyl (C=O) groups is 1. The van der Waals surface area contributed by atoms with Gasteiger partial charge in [-0.15, -0.1) is 0 Å². The fraction of sp³-hybridized carbons (Fsp3) is 0.312. The number of hydrogen-bond acceptors (Lipinski definition) is 4. The molecule has 1 fully saturated rings. The fourth-order valence-electron chi connectivity index (χ4n) is 2.60. The molecule has 9 heteroatoms. The number of nitrogens with one attached hydrogen (secondary N) is 1. The fourth-order valence-corrected chi connectivity index (χ4v) is 4.48. The SMILES string of the molecule is Cn1cc(S(=O)(=O)N2CCOCC2)cc1C(=O)Nc1cccc(Br)c1. The summed E-state index contributed by atoms with van der Waals surface area (Å²) < 4.78 is 34.3. The van der Waals surface area contributed by atoms with Crippen molar-refractivity contribution in [2.24, 2.45) is 7.05 Å². The van der Waals surface area contributed by atoms with Gasteiger partial charge in [0.05, 0.1) is 13.2 Å². The number of halogens is 1. The first-order chi connectivity index (χ1) is 11.9. The third kappa shape index (κ3) is 3.95. The van der Waals surface area contributed by atoms with Crippen molar-refractivity contribution in [3.8, 4) is 0 Å². The number of sulfonamides is 1. The Kier molecular flexibility index (Phi) is 5.28. The van der Waals surface area contributed by atoms with Gasteiger partial charge in [0.25, 0.3) is 5.91 Å². The van der Waals surface area contributed by atoms with Crippen LogP contribution < -0.4 is 5.32 Å². The lowest BCUT2D eigenvalue weighted by Gasteiger charge is -2.25. The van der Waals surface area contributed by atoms with Gasteiger partial charge in [0.2, 0.25) is 10.0 Å². The monoisotopic (exact) mass is 427 g/mol. The summed E-state index contributed by atoms with van der Waals surface area (Å²) in [7, 11) is -1.98. The van der Waals surface area contributed by atoms with Crippen LogP contribution in [0.1, 0.15) is 10.5 Å². The van der Waals surface area contributed by atoms with Crippen LogP contribution in [-0.2, 0) is 21.8 Å². The van der Waals surface area contributed by atoms with Gasteiger partial charge in [-0.05, 0) is 24.3 Å². The predicted octanol–water partition coefficient (Wildman–Crippen LogP) is 2.06. The molecule has 134 valence electrons. The van der Waals surface area contributed by atoms with E-state index >= 15 is 0 Å². The van der Waals surface area contributed by atoms with E-state index in [9.17, 15) is 13.2 Å². The maximum Gasteiger partial charge on any atom is 0.272 e. The van der Waals surface area contributed by atoms with E-state index < -0.39 is 10.0 Å². The number of amides is 1. The molecule has 25 heavy (non-hydrogen) atoms. The highest BCUT2D eigenvalue weighted by Gasteiger charge is 2.28. The van der Waals surface area contributed by atoms with Gasteiger partial charge < -0.3 is 14.6 Å². The van der Waals surface area contributed by atoms with E-state index in [-0.39, 0.29) is 16.5 Å². The molecule has 1 aromatic carbocycles. The third-order valence-corrected chi connectivity index (χ3v) is 6.26. The minimum Gasteiger partial charge on any atom is -0.379 e. The Morgan fingerprint density at radius 1 is 1.24 bits per heavy atom. The summed E-state index contributed by atoms with van der Waals surface area (Å²) in [4.78, 5) is 12.6. The lowest BCUT2D eigenvalue weighted by atomic mass is 10.3. The van der Waals surface area contributed by atoms with Gasteiger partial charge >= 0.3 is 0 Å². The molecule has 2 heterocycles. The Bertz CT molecular complexity index is 889. The molecule has 0 aliphatic carbocycles. The molecule has 2 aromatic rings. The Morgan fingerprint density at radius 2 is 1.96 bits per heavy atom. The minimum atomic E-state index is -3.63. The molecule has 0 atom stereocenters. The second-order valence-electron chi connectivity index (χ2n) is 5.65. The highest BCUT2D eigenvalue weighted by molar-refractivity contribution is 9.10. The summed E-state index contributed by atoms with van der Waals surface area (Å²) in [5.41, 5.74) is 0.893. The van der Waals surface area contributed by atoms with Crippen molar-refractivity contribution in [1.82, 2.24) is 8.87 Å². The molecule has 1 aromatic heterocycles. The van der Waals surface area contributed by atoms with Crippen molar-refractivity contribution in [1.29, 1.82) is 0 Å². The third-order valence-electron chi connectivity index (χ3n) is 3.90. The number of benzene rings is 1. The van der Waals surface area contributed by atoms with Crippen LogP contribution in [0.15, 0.2) is 45.9 Å². The zero-order valence-electron chi connectivity index (χ0n) is 13.6. The smallest absolute Gasteiger partial charge is 0.272 e.